The first-order valence-electron chi connectivity index (χ1n) is 6.24. The maximum Gasteiger partial charge on any atom is 0.308 e. The normalized spacial score (nSPS) is 15.6. The molecule has 0 saturated carbocycles. The number of nitrogens with zero attached hydrogens (tertiary/aromatic N) is 1. The molecule has 1 heterocycles. The lowest BCUT2D eigenvalue weighted by Crippen LogP contribution is -2.32. The van der Waals surface area contributed by atoms with Crippen LogP contribution in [0.3, 0.4) is 0 Å². The van der Waals surface area contributed by atoms with Crippen LogP contribution in [0.2, 0.25) is 0 Å². The van der Waals surface area contributed by atoms with Crippen LogP contribution in [0.4, 0.5) is 0 Å². The zero-order chi connectivity index (χ0) is 15.1. The van der Waals surface area contributed by atoms with Crippen LogP contribution in [0, 0.1) is 0 Å². The number of hydrogen-bond donors (Lipinski definition) is 1. The number of rotatable bonds is 8. The number of hydrogen-bond acceptors (Lipinski definition) is 6. The molecule has 0 radical (unpaired) electrons. The Bertz CT molecular complexity index is 424. The minimum atomic E-state index is -0.928. The van der Waals surface area contributed by atoms with Gasteiger partial charge in [-0.15, -0.1) is 0 Å². The van der Waals surface area contributed by atoms with E-state index in [1.807, 2.05) is 0 Å². The number of amides is 2. The SMILES string of the molecule is COC(=O)CC(O)CCC(=O)CCN1C(=O)C=CC1=O. The second kappa shape index (κ2) is 7.54. The van der Waals surface area contributed by atoms with Crippen LogP contribution in [-0.4, -0.2) is 53.3 Å². The predicted octanol–water partition coefficient (Wildman–Crippen LogP) is -0.425. The third-order valence-corrected chi connectivity index (χ3v) is 2.90. The molecule has 0 aromatic heterocycles. The van der Waals surface area contributed by atoms with Crippen molar-refractivity contribution in [3.05, 3.63) is 12.2 Å². The van der Waals surface area contributed by atoms with Crippen molar-refractivity contribution in [2.45, 2.75) is 31.8 Å². The van der Waals surface area contributed by atoms with Crippen molar-refractivity contribution in [3.8, 4) is 0 Å². The first kappa shape index (κ1) is 16.0. The summed E-state index contributed by atoms with van der Waals surface area (Å²) >= 11 is 0. The van der Waals surface area contributed by atoms with Gasteiger partial charge in [0.1, 0.15) is 5.78 Å². The highest BCUT2D eigenvalue weighted by atomic mass is 16.5. The van der Waals surface area contributed by atoms with Gasteiger partial charge in [-0.25, -0.2) is 0 Å². The lowest BCUT2D eigenvalue weighted by molar-refractivity contribution is -0.143. The van der Waals surface area contributed by atoms with E-state index in [-0.39, 0.29) is 38.0 Å². The summed E-state index contributed by atoms with van der Waals surface area (Å²) in [6, 6.07) is 0. The maximum absolute atomic E-state index is 11.6. The monoisotopic (exact) mass is 283 g/mol. The van der Waals surface area contributed by atoms with Gasteiger partial charge in [-0.1, -0.05) is 0 Å². The largest absolute Gasteiger partial charge is 0.469 e. The third-order valence-electron chi connectivity index (χ3n) is 2.90. The smallest absolute Gasteiger partial charge is 0.308 e. The molecule has 1 aliphatic rings. The summed E-state index contributed by atoms with van der Waals surface area (Å²) in [5.41, 5.74) is 0. The van der Waals surface area contributed by atoms with Crippen molar-refractivity contribution in [1.82, 2.24) is 4.90 Å². The predicted molar refractivity (Wildman–Crippen MR) is 67.4 cm³/mol. The van der Waals surface area contributed by atoms with E-state index in [1.54, 1.807) is 0 Å². The summed E-state index contributed by atoms with van der Waals surface area (Å²) in [6.07, 6.45) is 1.51. The zero-order valence-corrected chi connectivity index (χ0v) is 11.2. The van der Waals surface area contributed by atoms with Crippen molar-refractivity contribution >= 4 is 23.6 Å². The van der Waals surface area contributed by atoms with E-state index in [1.165, 1.54) is 7.11 Å². The molecule has 110 valence electrons. The molecule has 0 aromatic rings. The fourth-order valence-corrected chi connectivity index (χ4v) is 1.72. The molecule has 0 fully saturated rings. The Labute approximate surface area is 116 Å². The van der Waals surface area contributed by atoms with Crippen molar-refractivity contribution in [2.24, 2.45) is 0 Å². The van der Waals surface area contributed by atoms with Gasteiger partial charge in [0.2, 0.25) is 0 Å². The van der Waals surface area contributed by atoms with Crippen LogP contribution in [0.25, 0.3) is 0 Å². The van der Waals surface area contributed by atoms with Crippen molar-refractivity contribution in [1.29, 1.82) is 0 Å². The highest BCUT2D eigenvalue weighted by Crippen LogP contribution is 2.08. The summed E-state index contributed by atoms with van der Waals surface area (Å²) in [5.74, 6) is -1.56. The van der Waals surface area contributed by atoms with E-state index in [0.29, 0.717) is 0 Å². The number of ether oxygens (including phenoxy) is 1. The highest BCUT2D eigenvalue weighted by Gasteiger charge is 2.23. The Morgan fingerprint density at radius 2 is 1.85 bits per heavy atom. The number of aliphatic hydroxyl groups excluding tert-OH is 1. The average Bonchev–Trinajstić information content (AvgIpc) is 2.73. The standard InChI is InChI=1S/C13H17NO6/c1-20-13(19)8-10(16)3-2-9(15)6-7-14-11(17)4-5-12(14)18/h4-5,10,16H,2-3,6-8H2,1H3. The molecule has 0 spiro atoms. The van der Waals surface area contributed by atoms with E-state index in [9.17, 15) is 24.3 Å². The zero-order valence-electron chi connectivity index (χ0n) is 11.2. The van der Waals surface area contributed by atoms with Crippen molar-refractivity contribution in [2.75, 3.05) is 13.7 Å². The van der Waals surface area contributed by atoms with Gasteiger partial charge in [0.25, 0.3) is 11.8 Å². The Balaban J connectivity index is 2.22. The fraction of sp³-hybridized carbons (Fsp3) is 0.538. The number of imide groups is 1. The number of carbonyl (C=O) groups excluding carboxylic acids is 4. The van der Waals surface area contributed by atoms with Gasteiger partial charge in [0, 0.05) is 31.5 Å². The van der Waals surface area contributed by atoms with Crippen LogP contribution in [-0.2, 0) is 23.9 Å². The first-order chi connectivity index (χ1) is 9.43. The molecular weight excluding hydrogens is 266 g/mol. The van der Waals surface area contributed by atoms with Crippen LogP contribution < -0.4 is 0 Å². The summed E-state index contributed by atoms with van der Waals surface area (Å²) in [7, 11) is 1.22. The second-order valence-electron chi connectivity index (χ2n) is 4.42. The van der Waals surface area contributed by atoms with Gasteiger partial charge in [-0.05, 0) is 6.42 Å². The molecule has 1 rings (SSSR count). The molecule has 20 heavy (non-hydrogen) atoms. The highest BCUT2D eigenvalue weighted by molar-refractivity contribution is 6.13. The fourth-order valence-electron chi connectivity index (χ4n) is 1.72. The van der Waals surface area contributed by atoms with Gasteiger partial charge in [0.05, 0.1) is 19.6 Å². The number of aliphatic hydroxyl groups is 1. The Hall–Kier alpha value is -2.02. The van der Waals surface area contributed by atoms with Crippen molar-refractivity contribution < 1.29 is 29.0 Å². The van der Waals surface area contributed by atoms with Gasteiger partial charge in [0.15, 0.2) is 0 Å². The third kappa shape index (κ3) is 4.93. The quantitative estimate of drug-likeness (QED) is 0.479. The van der Waals surface area contributed by atoms with E-state index in [4.69, 9.17) is 0 Å². The topological polar surface area (TPSA) is 101 Å². The van der Waals surface area contributed by atoms with E-state index in [0.717, 1.165) is 17.1 Å². The van der Waals surface area contributed by atoms with Gasteiger partial charge >= 0.3 is 5.97 Å². The Kier molecular flexibility index (Phi) is 6.05. The van der Waals surface area contributed by atoms with Crippen LogP contribution in [0.15, 0.2) is 12.2 Å². The minimum absolute atomic E-state index is 0.0383. The lowest BCUT2D eigenvalue weighted by atomic mass is 10.1. The number of carbonyl (C=O) groups is 4. The second-order valence-corrected chi connectivity index (χ2v) is 4.42. The van der Waals surface area contributed by atoms with Crippen LogP contribution in [0.5, 0.6) is 0 Å². The Morgan fingerprint density at radius 1 is 1.25 bits per heavy atom. The number of Topliss-reactive ketones (excluding diaryl/α,β-unsaturated/α-hetero) is 1. The molecule has 7 heteroatoms. The minimum Gasteiger partial charge on any atom is -0.469 e. The molecule has 7 nitrogen and oxygen atoms in total. The molecule has 0 saturated heterocycles. The number of ketones is 1. The molecular formula is C13H17NO6. The van der Waals surface area contributed by atoms with Gasteiger partial charge in [-0.2, -0.15) is 0 Å². The van der Waals surface area contributed by atoms with E-state index >= 15 is 0 Å². The summed E-state index contributed by atoms with van der Waals surface area (Å²) in [5, 5.41) is 9.48. The van der Waals surface area contributed by atoms with Crippen molar-refractivity contribution in [3.63, 3.8) is 0 Å². The molecule has 2 amide bonds. The Morgan fingerprint density at radius 3 is 2.40 bits per heavy atom. The number of esters is 1. The van der Waals surface area contributed by atoms with E-state index < -0.39 is 23.9 Å². The summed E-state index contributed by atoms with van der Waals surface area (Å²) < 4.78 is 4.39. The molecule has 0 aromatic carbocycles. The average molecular weight is 283 g/mol. The lowest BCUT2D eigenvalue weighted by Gasteiger charge is -2.13. The molecule has 0 aliphatic carbocycles. The molecule has 1 unspecified atom stereocenters. The van der Waals surface area contributed by atoms with E-state index in [2.05, 4.69) is 4.74 Å². The molecule has 0 bridgehead atoms. The van der Waals surface area contributed by atoms with Gasteiger partial charge < -0.3 is 9.84 Å². The first-order valence-corrected chi connectivity index (χ1v) is 6.24. The van der Waals surface area contributed by atoms with Crippen LogP contribution >= 0.6 is 0 Å². The molecule has 1 atom stereocenters. The number of methoxy groups -OCH3 is 1. The molecule has 1 aliphatic heterocycles. The molecule has 1 N–H and O–H groups in total. The summed E-state index contributed by atoms with van der Waals surface area (Å²) in [4.78, 5) is 45.9. The maximum atomic E-state index is 11.6. The van der Waals surface area contributed by atoms with Crippen LogP contribution in [0.1, 0.15) is 25.7 Å². The van der Waals surface area contributed by atoms with Gasteiger partial charge in [-0.3, -0.25) is 24.1 Å². The summed E-state index contributed by atoms with van der Waals surface area (Å²) in [6.45, 7) is 0.0383.